The van der Waals surface area contributed by atoms with Crippen LogP contribution in [-0.4, -0.2) is 50.0 Å². The van der Waals surface area contributed by atoms with E-state index in [9.17, 15) is 22.8 Å². The van der Waals surface area contributed by atoms with Gasteiger partial charge in [-0.2, -0.15) is 0 Å². The largest absolute Gasteiger partial charge is 0.326 e. The number of nitrogens with zero attached hydrogens (tertiary/aromatic N) is 2. The van der Waals surface area contributed by atoms with E-state index in [2.05, 4.69) is 15.0 Å². The Labute approximate surface area is 198 Å². The first-order chi connectivity index (χ1) is 16.3. The molecular weight excluding hydrogens is 456 g/mol. The number of carbonyl (C=O) groups is 3. The first kappa shape index (κ1) is 23.6. The number of carbonyl (C=O) groups excluding carboxylic acids is 3. The second-order valence-corrected chi connectivity index (χ2v) is 9.91. The molecule has 2 aliphatic rings. The lowest BCUT2D eigenvalue weighted by molar-refractivity contribution is -0.116. The highest BCUT2D eigenvalue weighted by Gasteiger charge is 2.34. The van der Waals surface area contributed by atoms with Crippen molar-refractivity contribution < 1.29 is 22.8 Å². The number of nitrogens with one attached hydrogen (secondary N) is 2. The fourth-order valence-corrected chi connectivity index (χ4v) is 5.04. The van der Waals surface area contributed by atoms with Gasteiger partial charge >= 0.3 is 0 Å². The van der Waals surface area contributed by atoms with Crippen LogP contribution in [0.3, 0.4) is 0 Å². The molecule has 0 saturated carbocycles. The van der Waals surface area contributed by atoms with Crippen molar-refractivity contribution in [3.63, 3.8) is 0 Å². The summed E-state index contributed by atoms with van der Waals surface area (Å²) < 4.78 is 27.8. The summed E-state index contributed by atoms with van der Waals surface area (Å²) in [6.07, 6.45) is 3.91. The highest BCUT2D eigenvalue weighted by molar-refractivity contribution is 7.90. The molecule has 0 bridgehead atoms. The minimum absolute atomic E-state index is 0.0862. The molecule has 0 aromatic heterocycles. The van der Waals surface area contributed by atoms with Gasteiger partial charge in [-0.15, -0.1) is 0 Å². The van der Waals surface area contributed by atoms with Crippen LogP contribution in [-0.2, 0) is 14.8 Å². The number of hydrogen-bond acceptors (Lipinski definition) is 6. The first-order valence-electron chi connectivity index (χ1n) is 11.3. The van der Waals surface area contributed by atoms with E-state index in [0.717, 1.165) is 24.2 Å². The number of rotatable bonds is 7. The first-order valence-corrected chi connectivity index (χ1v) is 12.7. The van der Waals surface area contributed by atoms with Gasteiger partial charge in [0.15, 0.2) is 0 Å². The van der Waals surface area contributed by atoms with Gasteiger partial charge in [-0.1, -0.05) is 18.6 Å². The number of imide groups is 1. The summed E-state index contributed by atoms with van der Waals surface area (Å²) in [4.78, 5) is 42.6. The number of aliphatic imine (C=N–C) groups is 1. The summed E-state index contributed by atoms with van der Waals surface area (Å²) in [6, 6.07) is 12.5. The zero-order valence-corrected chi connectivity index (χ0v) is 19.4. The van der Waals surface area contributed by atoms with Crippen molar-refractivity contribution in [2.45, 2.75) is 43.4 Å². The van der Waals surface area contributed by atoms with Crippen molar-refractivity contribution in [1.29, 1.82) is 0 Å². The van der Waals surface area contributed by atoms with Crippen LogP contribution in [0, 0.1) is 0 Å². The Morgan fingerprint density at radius 1 is 0.941 bits per heavy atom. The standard InChI is InChI=1S/C24H26N4O5S/c29-22(10-6-16-28-23(30)19-7-3-4-8-20(19)24(28)31)26-17-11-13-18(14-12-17)34(32,33)27-21-9-2-1-5-15-25-21/h3-4,7-8,11-14H,1-2,5-6,9-10,15-16H2,(H,25,27)(H,26,29). The number of sulfonamides is 1. The summed E-state index contributed by atoms with van der Waals surface area (Å²) >= 11 is 0. The monoisotopic (exact) mass is 482 g/mol. The van der Waals surface area contributed by atoms with Crippen LogP contribution in [0.5, 0.6) is 0 Å². The molecule has 0 fully saturated rings. The molecule has 2 aromatic carbocycles. The van der Waals surface area contributed by atoms with Crippen molar-refractivity contribution >= 4 is 39.3 Å². The summed E-state index contributed by atoms with van der Waals surface area (Å²) in [6.45, 7) is 0.766. The van der Waals surface area contributed by atoms with Crippen LogP contribution in [0.1, 0.15) is 59.2 Å². The van der Waals surface area contributed by atoms with Crippen LogP contribution in [0.4, 0.5) is 5.69 Å². The summed E-state index contributed by atoms with van der Waals surface area (Å²) in [5.74, 6) is -0.506. The molecule has 34 heavy (non-hydrogen) atoms. The number of hydrogen-bond donors (Lipinski definition) is 2. The van der Waals surface area contributed by atoms with Gasteiger partial charge in [0.25, 0.3) is 21.8 Å². The molecule has 2 aliphatic heterocycles. The van der Waals surface area contributed by atoms with Crippen LogP contribution in [0.25, 0.3) is 0 Å². The normalized spacial score (nSPS) is 16.0. The van der Waals surface area contributed by atoms with E-state index < -0.39 is 10.0 Å². The van der Waals surface area contributed by atoms with Gasteiger partial charge in [0.05, 0.1) is 16.0 Å². The molecule has 0 aliphatic carbocycles. The van der Waals surface area contributed by atoms with E-state index >= 15 is 0 Å². The highest BCUT2D eigenvalue weighted by Crippen LogP contribution is 2.23. The maximum absolute atomic E-state index is 12.6. The third-order valence-electron chi connectivity index (χ3n) is 5.74. The van der Waals surface area contributed by atoms with Gasteiger partial charge in [-0.25, -0.2) is 8.42 Å². The summed E-state index contributed by atoms with van der Waals surface area (Å²) in [7, 11) is -3.74. The molecule has 0 unspecified atom stereocenters. The van der Waals surface area contributed by atoms with Gasteiger partial charge in [-0.05, 0) is 55.7 Å². The molecule has 0 atom stereocenters. The van der Waals surface area contributed by atoms with Gasteiger partial charge in [0.1, 0.15) is 5.84 Å². The predicted octanol–water partition coefficient (Wildman–Crippen LogP) is 2.95. The van der Waals surface area contributed by atoms with Crippen molar-refractivity contribution in [2.24, 2.45) is 4.99 Å². The second kappa shape index (κ2) is 10.2. The molecule has 4 rings (SSSR count). The maximum Gasteiger partial charge on any atom is 0.262 e. The smallest absolute Gasteiger partial charge is 0.262 e. The van der Waals surface area contributed by atoms with Crippen molar-refractivity contribution in [2.75, 3.05) is 18.4 Å². The third kappa shape index (κ3) is 5.33. The lowest BCUT2D eigenvalue weighted by atomic mass is 10.1. The van der Waals surface area contributed by atoms with Gasteiger partial charge in [-0.3, -0.25) is 29.0 Å². The molecule has 2 aromatic rings. The number of fused-ring (bicyclic) bond motifs is 1. The molecule has 9 nitrogen and oxygen atoms in total. The van der Waals surface area contributed by atoms with E-state index in [-0.39, 0.29) is 35.6 Å². The number of amides is 3. The van der Waals surface area contributed by atoms with Gasteiger partial charge in [0.2, 0.25) is 5.91 Å². The quantitative estimate of drug-likeness (QED) is 0.587. The average Bonchev–Trinajstić information content (AvgIpc) is 2.97. The molecule has 2 heterocycles. The zero-order valence-electron chi connectivity index (χ0n) is 18.6. The molecule has 2 N–H and O–H groups in total. The molecule has 0 radical (unpaired) electrons. The Bertz CT molecular complexity index is 1200. The summed E-state index contributed by atoms with van der Waals surface area (Å²) in [5, 5.41) is 2.71. The van der Waals surface area contributed by atoms with Crippen LogP contribution < -0.4 is 10.0 Å². The van der Waals surface area contributed by atoms with Crippen LogP contribution in [0.15, 0.2) is 58.4 Å². The van der Waals surface area contributed by atoms with E-state index in [1.807, 2.05) is 0 Å². The third-order valence-corrected chi connectivity index (χ3v) is 7.14. The lowest BCUT2D eigenvalue weighted by Gasteiger charge is -2.13. The molecule has 178 valence electrons. The highest BCUT2D eigenvalue weighted by atomic mass is 32.2. The summed E-state index contributed by atoms with van der Waals surface area (Å²) in [5.41, 5.74) is 1.22. The van der Waals surface area contributed by atoms with E-state index in [1.54, 1.807) is 24.3 Å². The SMILES string of the molecule is O=C(CCCN1C(=O)c2ccccc2C1=O)Nc1ccc(S(=O)(=O)NC2=NCCCCC2)cc1. The Morgan fingerprint density at radius 3 is 2.29 bits per heavy atom. The van der Waals surface area contributed by atoms with Crippen LogP contribution in [0.2, 0.25) is 0 Å². The average molecular weight is 483 g/mol. The molecular formula is C24H26N4O5S. The number of benzene rings is 2. The van der Waals surface area contributed by atoms with Crippen molar-refractivity contribution in [3.05, 3.63) is 59.7 Å². The van der Waals surface area contributed by atoms with E-state index in [4.69, 9.17) is 0 Å². The Kier molecular flexibility index (Phi) is 7.06. The Balaban J connectivity index is 1.27. The minimum atomic E-state index is -3.74. The van der Waals surface area contributed by atoms with Gasteiger partial charge < -0.3 is 5.32 Å². The Morgan fingerprint density at radius 2 is 1.62 bits per heavy atom. The fourth-order valence-electron chi connectivity index (χ4n) is 3.95. The van der Waals surface area contributed by atoms with Crippen molar-refractivity contribution in [1.82, 2.24) is 9.62 Å². The number of anilines is 1. The molecule has 0 spiro atoms. The zero-order chi connectivity index (χ0) is 24.1. The predicted molar refractivity (Wildman–Crippen MR) is 127 cm³/mol. The fraction of sp³-hybridized carbons (Fsp3) is 0.333. The Hall–Kier alpha value is -3.53. The molecule has 3 amide bonds. The number of amidine groups is 1. The lowest BCUT2D eigenvalue weighted by Crippen LogP contribution is -2.31. The minimum Gasteiger partial charge on any atom is -0.326 e. The molecule has 10 heteroatoms. The molecule has 0 saturated heterocycles. The van der Waals surface area contributed by atoms with Crippen molar-refractivity contribution in [3.8, 4) is 0 Å². The van der Waals surface area contributed by atoms with E-state index in [1.165, 1.54) is 24.3 Å². The second-order valence-electron chi connectivity index (χ2n) is 8.23. The van der Waals surface area contributed by atoms with E-state index in [0.29, 0.717) is 42.0 Å². The van der Waals surface area contributed by atoms with Crippen LogP contribution >= 0.6 is 0 Å². The maximum atomic E-state index is 12.6. The van der Waals surface area contributed by atoms with Gasteiger partial charge in [0, 0.05) is 31.6 Å². The topological polar surface area (TPSA) is 125 Å².